The van der Waals surface area contributed by atoms with Crippen LogP contribution in [0, 0.1) is 30.1 Å². The summed E-state index contributed by atoms with van der Waals surface area (Å²) in [4.78, 5) is 16.9. The van der Waals surface area contributed by atoms with Crippen LogP contribution in [0.1, 0.15) is 56.7 Å². The molecule has 0 spiro atoms. The Hall–Kier alpha value is -1.44. The van der Waals surface area contributed by atoms with Crippen molar-refractivity contribution in [2.45, 2.75) is 70.3 Å². The summed E-state index contributed by atoms with van der Waals surface area (Å²) in [6.45, 7) is 2.59. The van der Waals surface area contributed by atoms with Gasteiger partial charge in [0.1, 0.15) is 18.1 Å². The van der Waals surface area contributed by atoms with Crippen molar-refractivity contribution in [2.75, 3.05) is 18.5 Å². The quantitative estimate of drug-likeness (QED) is 0.711. The molecule has 4 bridgehead atoms. The second-order valence-corrected chi connectivity index (χ2v) is 9.85. The molecule has 1 aromatic heterocycles. The highest BCUT2D eigenvalue weighted by Crippen LogP contribution is 2.59. The minimum atomic E-state index is -0.768. The molecule has 3 atom stereocenters. The largest absolute Gasteiger partial charge is 0.394 e. The lowest BCUT2D eigenvalue weighted by atomic mass is 9.49. The summed E-state index contributed by atoms with van der Waals surface area (Å²) in [5, 5.41) is 22.7. The van der Waals surface area contributed by atoms with Crippen LogP contribution in [0.15, 0.2) is 11.0 Å². The van der Waals surface area contributed by atoms with Crippen LogP contribution in [-0.4, -0.2) is 45.1 Å². The third-order valence-electron chi connectivity index (χ3n) is 7.62. The second kappa shape index (κ2) is 6.82. The second-order valence-electron chi connectivity index (χ2n) is 9.85. The molecule has 5 fully saturated rings. The first-order valence-electron chi connectivity index (χ1n) is 10.7. The van der Waals surface area contributed by atoms with Gasteiger partial charge in [0.05, 0.1) is 12.7 Å². The maximum Gasteiger partial charge on any atom is 0.351 e. The van der Waals surface area contributed by atoms with E-state index in [4.69, 9.17) is 4.74 Å². The molecule has 3 N–H and O–H groups in total. The summed E-state index contributed by atoms with van der Waals surface area (Å²) >= 11 is 0. The fourth-order valence-corrected chi connectivity index (χ4v) is 6.78. The number of aryl methyl sites for hydroxylation is 1. The predicted molar refractivity (Wildman–Crippen MR) is 104 cm³/mol. The molecule has 1 aromatic rings. The van der Waals surface area contributed by atoms with Crippen molar-refractivity contribution < 1.29 is 14.9 Å². The number of nitrogens with zero attached hydrogens (tertiary/aromatic N) is 2. The van der Waals surface area contributed by atoms with Gasteiger partial charge in [-0.15, -0.1) is 0 Å². The summed E-state index contributed by atoms with van der Waals surface area (Å²) in [5.74, 6) is 3.37. The van der Waals surface area contributed by atoms with Crippen LogP contribution < -0.4 is 11.0 Å². The van der Waals surface area contributed by atoms with E-state index in [2.05, 4.69) is 10.3 Å². The Morgan fingerprint density at radius 3 is 2.43 bits per heavy atom. The summed E-state index contributed by atoms with van der Waals surface area (Å²) in [7, 11) is 0. The monoisotopic (exact) mass is 389 g/mol. The van der Waals surface area contributed by atoms with Crippen molar-refractivity contribution in [3.63, 3.8) is 0 Å². The van der Waals surface area contributed by atoms with E-state index in [1.54, 1.807) is 6.20 Å². The van der Waals surface area contributed by atoms with E-state index in [0.717, 1.165) is 29.9 Å². The van der Waals surface area contributed by atoms with Crippen LogP contribution in [-0.2, 0) is 4.74 Å². The van der Waals surface area contributed by atoms with Crippen LogP contribution >= 0.6 is 0 Å². The highest BCUT2D eigenvalue weighted by Gasteiger charge is 2.50. The highest BCUT2D eigenvalue weighted by molar-refractivity contribution is 5.41. The molecule has 4 aliphatic carbocycles. The Kier molecular flexibility index (Phi) is 4.52. The van der Waals surface area contributed by atoms with Crippen LogP contribution in [0.2, 0.25) is 0 Å². The number of aliphatic hydroxyl groups is 2. The van der Waals surface area contributed by atoms with E-state index in [1.165, 1.54) is 43.1 Å². The number of anilines is 1. The van der Waals surface area contributed by atoms with Gasteiger partial charge in [0.2, 0.25) is 0 Å². The molecule has 1 saturated heterocycles. The first kappa shape index (κ1) is 18.6. The summed E-state index contributed by atoms with van der Waals surface area (Å²) in [6, 6.07) is 0. The highest BCUT2D eigenvalue weighted by atomic mass is 16.5. The first-order chi connectivity index (χ1) is 13.4. The van der Waals surface area contributed by atoms with Crippen molar-refractivity contribution in [1.82, 2.24) is 9.55 Å². The zero-order valence-electron chi connectivity index (χ0n) is 16.5. The van der Waals surface area contributed by atoms with E-state index in [-0.39, 0.29) is 18.7 Å². The molecule has 1 aliphatic heterocycles. The van der Waals surface area contributed by atoms with Gasteiger partial charge in [-0.05, 0) is 68.6 Å². The number of aromatic nitrogens is 2. The third kappa shape index (κ3) is 3.17. The van der Waals surface area contributed by atoms with Crippen molar-refractivity contribution in [1.29, 1.82) is 0 Å². The van der Waals surface area contributed by atoms with Gasteiger partial charge in [0.25, 0.3) is 0 Å². The number of nitrogens with one attached hydrogen (secondary N) is 1. The minimum Gasteiger partial charge on any atom is -0.394 e. The molecule has 2 heterocycles. The fourth-order valence-electron chi connectivity index (χ4n) is 6.78. The van der Waals surface area contributed by atoms with Gasteiger partial charge >= 0.3 is 5.69 Å². The summed E-state index contributed by atoms with van der Waals surface area (Å²) in [5.41, 5.74) is 0.898. The fraction of sp³-hybridized carbons (Fsp3) is 0.810. The van der Waals surface area contributed by atoms with Gasteiger partial charge in [-0.1, -0.05) is 0 Å². The molecular weight excluding hydrogens is 358 g/mol. The molecular formula is C21H31N3O4. The predicted octanol–water partition coefficient (Wildman–Crippen LogP) is 1.82. The molecule has 7 heteroatoms. The van der Waals surface area contributed by atoms with Crippen LogP contribution in [0.3, 0.4) is 0 Å². The standard InChI is InChI=1S/C21H31N3O4/c1-12-9-24(18-5-16(26)17(10-25)28-18)20(27)23-19(12)22-11-21-6-13-2-14(7-21)4-15(3-13)8-21/h9,13-18,25-26H,2-8,10-11H2,1H3,(H,22,23,27)/t13?,14?,15?,16-,17-,18-,21?/m0/s1. The summed E-state index contributed by atoms with van der Waals surface area (Å²) in [6.07, 6.45) is 8.28. The zero-order valence-corrected chi connectivity index (χ0v) is 16.5. The van der Waals surface area contributed by atoms with Gasteiger partial charge in [0, 0.05) is 24.7 Å². The van der Waals surface area contributed by atoms with Gasteiger partial charge < -0.3 is 20.3 Å². The number of hydrogen-bond donors (Lipinski definition) is 3. The van der Waals surface area contributed by atoms with Crippen LogP contribution in [0.25, 0.3) is 0 Å². The molecule has 0 amide bonds. The first-order valence-corrected chi connectivity index (χ1v) is 10.7. The maximum atomic E-state index is 12.6. The average molecular weight is 389 g/mol. The molecule has 6 rings (SSSR count). The molecule has 4 saturated carbocycles. The smallest absolute Gasteiger partial charge is 0.351 e. The Bertz CT molecular complexity index is 772. The van der Waals surface area contributed by atoms with Crippen LogP contribution in [0.5, 0.6) is 0 Å². The lowest BCUT2D eigenvalue weighted by molar-refractivity contribution is -0.0460. The lowest BCUT2D eigenvalue weighted by Crippen LogP contribution is -2.49. The van der Waals surface area contributed by atoms with Crippen molar-refractivity contribution >= 4 is 5.82 Å². The van der Waals surface area contributed by atoms with Gasteiger partial charge in [-0.25, -0.2) is 4.79 Å². The Balaban J connectivity index is 1.30. The number of ether oxygens (including phenoxy) is 1. The topological polar surface area (TPSA) is 96.6 Å². The Labute approximate surface area is 165 Å². The molecule has 0 aromatic carbocycles. The zero-order chi connectivity index (χ0) is 19.5. The normalized spacial score (nSPS) is 41.5. The number of aliphatic hydroxyl groups excluding tert-OH is 2. The van der Waals surface area contributed by atoms with Crippen molar-refractivity contribution in [3.05, 3.63) is 22.2 Å². The average Bonchev–Trinajstić information content (AvgIpc) is 3.01. The SMILES string of the molecule is Cc1cn([C@@H]2C[C@H](O)[C@H](CO)O2)c(=O)nc1NCC12CC3CC(CC(C3)C1)C2. The van der Waals surface area contributed by atoms with Gasteiger partial charge in [-0.2, -0.15) is 4.98 Å². The molecule has 28 heavy (non-hydrogen) atoms. The van der Waals surface area contributed by atoms with Crippen LogP contribution in [0.4, 0.5) is 5.82 Å². The van der Waals surface area contributed by atoms with E-state index in [9.17, 15) is 15.0 Å². The van der Waals surface area contributed by atoms with E-state index in [0.29, 0.717) is 11.2 Å². The Morgan fingerprint density at radius 2 is 1.86 bits per heavy atom. The molecule has 154 valence electrons. The molecule has 5 aliphatic rings. The Morgan fingerprint density at radius 1 is 1.21 bits per heavy atom. The van der Waals surface area contributed by atoms with Gasteiger partial charge in [0.15, 0.2) is 0 Å². The van der Waals surface area contributed by atoms with E-state index < -0.39 is 18.4 Å². The maximum absolute atomic E-state index is 12.6. The third-order valence-corrected chi connectivity index (χ3v) is 7.62. The number of hydrogen-bond acceptors (Lipinski definition) is 6. The van der Waals surface area contributed by atoms with E-state index >= 15 is 0 Å². The lowest BCUT2D eigenvalue weighted by Gasteiger charge is -2.57. The summed E-state index contributed by atoms with van der Waals surface area (Å²) < 4.78 is 7.05. The van der Waals surface area contributed by atoms with Crippen molar-refractivity contribution in [2.24, 2.45) is 23.2 Å². The van der Waals surface area contributed by atoms with Crippen molar-refractivity contribution in [3.8, 4) is 0 Å². The molecule has 0 unspecified atom stereocenters. The minimum absolute atomic E-state index is 0.260. The van der Waals surface area contributed by atoms with E-state index in [1.807, 2.05) is 6.92 Å². The number of rotatable bonds is 5. The molecule has 0 radical (unpaired) electrons. The molecule has 7 nitrogen and oxygen atoms in total. The van der Waals surface area contributed by atoms with Gasteiger partial charge in [-0.3, -0.25) is 4.57 Å².